The summed E-state index contributed by atoms with van der Waals surface area (Å²) in [6, 6.07) is 0. The Morgan fingerprint density at radius 1 is 1.78 bits per heavy atom. The molecule has 0 spiro atoms. The monoisotopic (exact) mass is 129 g/mol. The topological polar surface area (TPSA) is 38.3 Å². The van der Waals surface area contributed by atoms with Crippen molar-refractivity contribution in [2.45, 2.75) is 6.42 Å². The molecule has 0 aromatic rings. The average molecular weight is 129 g/mol. The van der Waals surface area contributed by atoms with Gasteiger partial charge in [0.15, 0.2) is 0 Å². The molecule has 52 valence electrons. The molecule has 2 radical (unpaired) electrons. The number of ether oxygens (including phenoxy) is 1. The van der Waals surface area contributed by atoms with E-state index >= 15 is 0 Å². The third-order valence-corrected chi connectivity index (χ3v) is 0.824. The molecule has 9 heavy (non-hydrogen) atoms. The fourth-order valence-corrected chi connectivity index (χ4v) is 0.428. The molecule has 0 bridgehead atoms. The molecule has 1 amide bonds. The second-order valence-corrected chi connectivity index (χ2v) is 1.64. The summed E-state index contributed by atoms with van der Waals surface area (Å²) in [4.78, 5) is 10.0. The summed E-state index contributed by atoms with van der Waals surface area (Å²) in [5.41, 5.74) is 0. The summed E-state index contributed by atoms with van der Waals surface area (Å²) < 4.78 is 4.73. The zero-order chi connectivity index (χ0) is 7.11. The van der Waals surface area contributed by atoms with Crippen LogP contribution in [0.1, 0.15) is 6.42 Å². The van der Waals surface area contributed by atoms with Gasteiger partial charge in [-0.3, -0.25) is 4.79 Å². The Balaban J connectivity index is 2.83. The van der Waals surface area contributed by atoms with Crippen LogP contribution >= 0.6 is 0 Å². The van der Waals surface area contributed by atoms with Gasteiger partial charge in [0.1, 0.15) is 0 Å². The lowest BCUT2D eigenvalue weighted by Gasteiger charge is -1.98. The molecule has 0 aromatic heterocycles. The fourth-order valence-electron chi connectivity index (χ4n) is 0.428. The Hall–Kier alpha value is -0.570. The van der Waals surface area contributed by atoms with E-state index in [-0.39, 0.29) is 0 Å². The standard InChI is InChI=1S/C6H11NO2/c1-6(8)7-4-3-5-9-2/h1H,3-5H2,2H3,(H,7,8). The molecule has 0 aromatic carbocycles. The van der Waals surface area contributed by atoms with Crippen LogP contribution in [0.2, 0.25) is 0 Å². The van der Waals surface area contributed by atoms with E-state index in [1.54, 1.807) is 7.11 Å². The molecule has 0 fully saturated rings. The summed E-state index contributed by atoms with van der Waals surface area (Å²) in [7, 11) is 1.62. The quantitative estimate of drug-likeness (QED) is 0.536. The van der Waals surface area contributed by atoms with Crippen molar-refractivity contribution in [2.75, 3.05) is 20.3 Å². The summed E-state index contributed by atoms with van der Waals surface area (Å²) in [5, 5.41) is 2.44. The van der Waals surface area contributed by atoms with Crippen LogP contribution in [0.25, 0.3) is 0 Å². The number of carbonyl (C=O) groups excluding carboxylic acids is 1. The second kappa shape index (κ2) is 5.56. The van der Waals surface area contributed by atoms with Gasteiger partial charge in [0.05, 0.1) is 6.92 Å². The van der Waals surface area contributed by atoms with Gasteiger partial charge >= 0.3 is 0 Å². The molecule has 3 nitrogen and oxygen atoms in total. The van der Waals surface area contributed by atoms with E-state index in [1.807, 2.05) is 0 Å². The minimum absolute atomic E-state index is 0.480. The van der Waals surface area contributed by atoms with Gasteiger partial charge in [-0.05, 0) is 6.42 Å². The predicted molar refractivity (Wildman–Crippen MR) is 33.8 cm³/mol. The van der Waals surface area contributed by atoms with Crippen LogP contribution in [0.3, 0.4) is 0 Å². The van der Waals surface area contributed by atoms with Crippen molar-refractivity contribution in [3.05, 3.63) is 6.92 Å². The van der Waals surface area contributed by atoms with Gasteiger partial charge < -0.3 is 10.1 Å². The second-order valence-electron chi connectivity index (χ2n) is 1.64. The minimum atomic E-state index is -0.480. The highest BCUT2D eigenvalue weighted by atomic mass is 16.5. The normalized spacial score (nSPS) is 9.11. The van der Waals surface area contributed by atoms with Crippen LogP contribution in [0, 0.1) is 6.92 Å². The first-order valence-electron chi connectivity index (χ1n) is 2.79. The Bertz CT molecular complexity index is 83.1. The van der Waals surface area contributed by atoms with Crippen LogP contribution in [-0.2, 0) is 9.53 Å². The van der Waals surface area contributed by atoms with Crippen molar-refractivity contribution in [2.24, 2.45) is 0 Å². The molecule has 0 heterocycles. The van der Waals surface area contributed by atoms with Crippen LogP contribution in [-0.4, -0.2) is 26.2 Å². The Morgan fingerprint density at radius 3 is 2.89 bits per heavy atom. The Morgan fingerprint density at radius 2 is 2.44 bits per heavy atom. The van der Waals surface area contributed by atoms with Gasteiger partial charge in [0.25, 0.3) is 0 Å². The Kier molecular flexibility index (Phi) is 5.21. The zero-order valence-corrected chi connectivity index (χ0v) is 5.52. The van der Waals surface area contributed by atoms with Crippen molar-refractivity contribution in [3.8, 4) is 0 Å². The van der Waals surface area contributed by atoms with Gasteiger partial charge in [-0.25, -0.2) is 0 Å². The van der Waals surface area contributed by atoms with E-state index in [2.05, 4.69) is 5.32 Å². The molecule has 1 N–H and O–H groups in total. The summed E-state index contributed by atoms with van der Waals surface area (Å²) in [5.74, 6) is -0.480. The molecule has 0 aliphatic heterocycles. The van der Waals surface area contributed by atoms with Gasteiger partial charge in [0, 0.05) is 20.3 Å². The van der Waals surface area contributed by atoms with Crippen molar-refractivity contribution < 1.29 is 9.53 Å². The zero-order valence-electron chi connectivity index (χ0n) is 5.52. The van der Waals surface area contributed by atoms with Gasteiger partial charge in [-0.15, -0.1) is 0 Å². The van der Waals surface area contributed by atoms with Crippen LogP contribution in [0.4, 0.5) is 0 Å². The molecule has 0 rings (SSSR count). The minimum Gasteiger partial charge on any atom is -0.385 e. The van der Waals surface area contributed by atoms with Crippen molar-refractivity contribution in [1.82, 2.24) is 5.32 Å². The number of rotatable bonds is 4. The van der Waals surface area contributed by atoms with E-state index in [4.69, 9.17) is 11.7 Å². The molecule has 0 aliphatic carbocycles. The molecule has 0 saturated carbocycles. The van der Waals surface area contributed by atoms with E-state index in [1.165, 1.54) is 0 Å². The summed E-state index contributed by atoms with van der Waals surface area (Å²) in [6.45, 7) is 6.02. The maximum absolute atomic E-state index is 10.0. The lowest BCUT2D eigenvalue weighted by molar-refractivity contribution is -0.116. The highest BCUT2D eigenvalue weighted by molar-refractivity contribution is 5.79. The Labute approximate surface area is 55.4 Å². The number of amides is 1. The van der Waals surface area contributed by atoms with Crippen LogP contribution in [0.15, 0.2) is 0 Å². The molecular formula is C6H11NO2. The van der Waals surface area contributed by atoms with Gasteiger partial charge in [-0.1, -0.05) is 0 Å². The van der Waals surface area contributed by atoms with Crippen molar-refractivity contribution in [1.29, 1.82) is 0 Å². The molecule has 0 saturated heterocycles. The number of methoxy groups -OCH3 is 1. The molecule has 3 heteroatoms. The van der Waals surface area contributed by atoms with E-state index in [0.29, 0.717) is 13.2 Å². The largest absolute Gasteiger partial charge is 0.385 e. The lowest BCUT2D eigenvalue weighted by atomic mass is 10.4. The third kappa shape index (κ3) is 7.43. The van der Waals surface area contributed by atoms with Crippen LogP contribution < -0.4 is 5.32 Å². The predicted octanol–water partition coefficient (Wildman–Crippen LogP) is -0.150. The maximum Gasteiger partial charge on any atom is 0.224 e. The SMILES string of the molecule is [CH]C(=O)NCCCOC. The van der Waals surface area contributed by atoms with E-state index in [0.717, 1.165) is 6.42 Å². The van der Waals surface area contributed by atoms with E-state index in [9.17, 15) is 4.79 Å². The van der Waals surface area contributed by atoms with Crippen LogP contribution in [0.5, 0.6) is 0 Å². The molecular weight excluding hydrogens is 118 g/mol. The first-order chi connectivity index (χ1) is 4.27. The first-order valence-corrected chi connectivity index (χ1v) is 2.79. The van der Waals surface area contributed by atoms with Gasteiger partial charge in [-0.2, -0.15) is 0 Å². The number of hydrogen-bond acceptors (Lipinski definition) is 2. The first kappa shape index (κ1) is 8.43. The lowest BCUT2D eigenvalue weighted by Crippen LogP contribution is -2.21. The van der Waals surface area contributed by atoms with Crippen molar-refractivity contribution in [3.63, 3.8) is 0 Å². The highest BCUT2D eigenvalue weighted by Crippen LogP contribution is 1.75. The summed E-state index contributed by atoms with van der Waals surface area (Å²) in [6.07, 6.45) is 0.805. The highest BCUT2D eigenvalue weighted by Gasteiger charge is 1.88. The van der Waals surface area contributed by atoms with Gasteiger partial charge in [0.2, 0.25) is 5.91 Å². The molecule has 0 aliphatic rings. The average Bonchev–Trinajstić information content (AvgIpc) is 1.80. The smallest absolute Gasteiger partial charge is 0.224 e. The third-order valence-electron chi connectivity index (χ3n) is 0.824. The summed E-state index contributed by atoms with van der Waals surface area (Å²) >= 11 is 0. The number of carbonyl (C=O) groups is 1. The number of hydrogen-bond donors (Lipinski definition) is 1. The maximum atomic E-state index is 10.0. The van der Waals surface area contributed by atoms with Crippen molar-refractivity contribution >= 4 is 5.91 Å². The molecule has 0 unspecified atom stereocenters. The number of nitrogens with one attached hydrogen (secondary N) is 1. The molecule has 0 atom stereocenters. The fraction of sp³-hybridized carbons (Fsp3) is 0.667. The van der Waals surface area contributed by atoms with E-state index < -0.39 is 5.91 Å².